The van der Waals surface area contributed by atoms with E-state index in [4.69, 9.17) is 9.47 Å². The maximum Gasteiger partial charge on any atom is 0.118 e. The van der Waals surface area contributed by atoms with E-state index >= 15 is 0 Å². The van der Waals surface area contributed by atoms with Gasteiger partial charge in [0.05, 0.1) is 14.2 Å². The Hall–Kier alpha value is -2.81. The molecule has 3 nitrogen and oxygen atoms in total. The lowest BCUT2D eigenvalue weighted by Crippen LogP contribution is -1.93. The monoisotopic (exact) mass is 305 g/mol. The number of benzene rings is 2. The normalized spacial score (nSPS) is 10.4. The van der Waals surface area contributed by atoms with Gasteiger partial charge in [0, 0.05) is 17.5 Å². The molecule has 0 aliphatic rings. The fraction of sp³-hybridized carbons (Fsp3) is 0.150. The van der Waals surface area contributed by atoms with Gasteiger partial charge in [0.1, 0.15) is 11.5 Å². The third-order valence-corrected chi connectivity index (χ3v) is 3.92. The van der Waals surface area contributed by atoms with Crippen molar-refractivity contribution >= 4 is 0 Å². The molecule has 0 atom stereocenters. The molecule has 0 saturated carbocycles. The summed E-state index contributed by atoms with van der Waals surface area (Å²) < 4.78 is 10.5. The fourth-order valence-electron chi connectivity index (χ4n) is 2.70. The summed E-state index contributed by atoms with van der Waals surface area (Å²) in [5.41, 5.74) is 5.57. The van der Waals surface area contributed by atoms with Crippen LogP contribution in [0.15, 0.2) is 60.8 Å². The van der Waals surface area contributed by atoms with Crippen LogP contribution in [0.4, 0.5) is 0 Å². The first-order valence-corrected chi connectivity index (χ1v) is 7.47. The first kappa shape index (κ1) is 15.1. The highest BCUT2D eigenvalue weighted by molar-refractivity contribution is 5.85. The molecule has 0 fully saturated rings. The lowest BCUT2D eigenvalue weighted by atomic mass is 9.94. The number of aromatic nitrogens is 1. The van der Waals surface area contributed by atoms with Gasteiger partial charge in [0.15, 0.2) is 0 Å². The van der Waals surface area contributed by atoms with Crippen molar-refractivity contribution in [2.75, 3.05) is 14.2 Å². The van der Waals surface area contributed by atoms with Crippen LogP contribution in [0.3, 0.4) is 0 Å². The molecule has 0 bridgehead atoms. The van der Waals surface area contributed by atoms with Gasteiger partial charge in [-0.3, -0.25) is 4.98 Å². The Balaban J connectivity index is 2.11. The molecule has 1 heterocycles. The summed E-state index contributed by atoms with van der Waals surface area (Å²) >= 11 is 0. The summed E-state index contributed by atoms with van der Waals surface area (Å²) in [5, 5.41) is 0. The number of pyridine rings is 1. The average Bonchev–Trinajstić information content (AvgIpc) is 2.62. The van der Waals surface area contributed by atoms with E-state index in [0.717, 1.165) is 39.4 Å². The minimum atomic E-state index is 0.848. The summed E-state index contributed by atoms with van der Waals surface area (Å²) in [6.45, 7) is 2.03. The second-order valence-corrected chi connectivity index (χ2v) is 5.28. The molecule has 3 rings (SSSR count). The van der Waals surface area contributed by atoms with Gasteiger partial charge in [-0.1, -0.05) is 24.3 Å². The van der Waals surface area contributed by atoms with Crippen molar-refractivity contribution in [1.82, 2.24) is 4.98 Å². The predicted octanol–water partition coefficient (Wildman–Crippen LogP) is 4.74. The van der Waals surface area contributed by atoms with E-state index in [9.17, 15) is 0 Å². The third-order valence-electron chi connectivity index (χ3n) is 3.92. The smallest absolute Gasteiger partial charge is 0.118 e. The van der Waals surface area contributed by atoms with E-state index in [1.54, 1.807) is 14.2 Å². The summed E-state index contributed by atoms with van der Waals surface area (Å²) in [7, 11) is 3.35. The van der Waals surface area contributed by atoms with Crippen LogP contribution < -0.4 is 9.47 Å². The summed E-state index contributed by atoms with van der Waals surface area (Å²) in [6, 6.07) is 18.2. The Morgan fingerprint density at radius 3 is 1.74 bits per heavy atom. The number of methoxy groups -OCH3 is 2. The SMILES string of the molecule is COc1ccc(-c2ccnc(C)c2-c2ccc(OC)cc2)cc1. The van der Waals surface area contributed by atoms with Crippen molar-refractivity contribution in [3.63, 3.8) is 0 Å². The molecule has 2 aromatic carbocycles. The average molecular weight is 305 g/mol. The second kappa shape index (κ2) is 6.53. The lowest BCUT2D eigenvalue weighted by molar-refractivity contribution is 0.414. The van der Waals surface area contributed by atoms with E-state index < -0.39 is 0 Å². The second-order valence-electron chi connectivity index (χ2n) is 5.28. The van der Waals surface area contributed by atoms with Gasteiger partial charge in [-0.25, -0.2) is 0 Å². The van der Waals surface area contributed by atoms with E-state index in [2.05, 4.69) is 29.2 Å². The van der Waals surface area contributed by atoms with Crippen molar-refractivity contribution in [2.45, 2.75) is 6.92 Å². The fourth-order valence-corrected chi connectivity index (χ4v) is 2.70. The maximum atomic E-state index is 5.25. The number of hydrogen-bond donors (Lipinski definition) is 0. The Morgan fingerprint density at radius 2 is 1.22 bits per heavy atom. The molecule has 23 heavy (non-hydrogen) atoms. The molecular formula is C20H19NO2. The molecule has 0 radical (unpaired) electrons. The molecule has 0 N–H and O–H groups in total. The van der Waals surface area contributed by atoms with Crippen LogP contribution in [0.25, 0.3) is 22.3 Å². The highest BCUT2D eigenvalue weighted by Crippen LogP contribution is 2.35. The Kier molecular flexibility index (Phi) is 4.29. The van der Waals surface area contributed by atoms with Gasteiger partial charge in [0.25, 0.3) is 0 Å². The molecule has 0 aliphatic carbocycles. The standard InChI is InChI=1S/C20H19NO2/c1-14-20(16-6-10-18(23-3)11-7-16)19(12-13-21-14)15-4-8-17(22-2)9-5-15/h4-13H,1-3H3. The highest BCUT2D eigenvalue weighted by Gasteiger charge is 2.11. The van der Waals surface area contributed by atoms with Gasteiger partial charge < -0.3 is 9.47 Å². The maximum absolute atomic E-state index is 5.25. The van der Waals surface area contributed by atoms with Crippen LogP contribution in [0.2, 0.25) is 0 Å². The molecular weight excluding hydrogens is 286 g/mol. The van der Waals surface area contributed by atoms with Crippen molar-refractivity contribution in [2.24, 2.45) is 0 Å². The zero-order valence-electron chi connectivity index (χ0n) is 13.5. The number of rotatable bonds is 4. The zero-order valence-corrected chi connectivity index (χ0v) is 13.5. The molecule has 0 unspecified atom stereocenters. The van der Waals surface area contributed by atoms with Crippen LogP contribution in [0.1, 0.15) is 5.69 Å². The Bertz CT molecular complexity index is 793. The molecule has 1 aromatic heterocycles. The summed E-state index contributed by atoms with van der Waals surface area (Å²) in [6.07, 6.45) is 1.85. The van der Waals surface area contributed by atoms with Crippen molar-refractivity contribution in [3.8, 4) is 33.8 Å². The van der Waals surface area contributed by atoms with Crippen LogP contribution >= 0.6 is 0 Å². The number of hydrogen-bond acceptors (Lipinski definition) is 3. The molecule has 0 spiro atoms. The van der Waals surface area contributed by atoms with Crippen LogP contribution in [-0.4, -0.2) is 19.2 Å². The van der Waals surface area contributed by atoms with E-state index in [1.807, 2.05) is 43.5 Å². The van der Waals surface area contributed by atoms with Crippen molar-refractivity contribution in [3.05, 3.63) is 66.5 Å². The van der Waals surface area contributed by atoms with E-state index in [1.165, 1.54) is 0 Å². The first-order chi connectivity index (χ1) is 11.2. The number of aryl methyl sites for hydroxylation is 1. The largest absolute Gasteiger partial charge is 0.497 e. The van der Waals surface area contributed by atoms with Crippen molar-refractivity contribution in [1.29, 1.82) is 0 Å². The van der Waals surface area contributed by atoms with Gasteiger partial charge in [-0.2, -0.15) is 0 Å². The van der Waals surface area contributed by atoms with Crippen LogP contribution in [0.5, 0.6) is 11.5 Å². The zero-order chi connectivity index (χ0) is 16.2. The molecule has 0 saturated heterocycles. The molecule has 3 aromatic rings. The Labute approximate surface area is 136 Å². The van der Waals surface area contributed by atoms with E-state index in [-0.39, 0.29) is 0 Å². The lowest BCUT2D eigenvalue weighted by Gasteiger charge is -2.13. The van der Waals surface area contributed by atoms with Crippen LogP contribution in [0, 0.1) is 6.92 Å². The van der Waals surface area contributed by atoms with Crippen molar-refractivity contribution < 1.29 is 9.47 Å². The van der Waals surface area contributed by atoms with Gasteiger partial charge in [-0.15, -0.1) is 0 Å². The highest BCUT2D eigenvalue weighted by atomic mass is 16.5. The third kappa shape index (κ3) is 3.04. The topological polar surface area (TPSA) is 31.4 Å². The first-order valence-electron chi connectivity index (χ1n) is 7.47. The molecule has 0 amide bonds. The molecule has 116 valence electrons. The Morgan fingerprint density at radius 1 is 0.696 bits per heavy atom. The summed E-state index contributed by atoms with van der Waals surface area (Å²) in [4.78, 5) is 4.46. The predicted molar refractivity (Wildman–Crippen MR) is 93.0 cm³/mol. The van der Waals surface area contributed by atoms with Gasteiger partial charge in [0.2, 0.25) is 0 Å². The number of ether oxygens (including phenoxy) is 2. The molecule has 3 heteroatoms. The van der Waals surface area contributed by atoms with Gasteiger partial charge in [-0.05, 0) is 53.9 Å². The van der Waals surface area contributed by atoms with Gasteiger partial charge >= 0.3 is 0 Å². The quantitative estimate of drug-likeness (QED) is 0.697. The minimum absolute atomic E-state index is 0.848. The minimum Gasteiger partial charge on any atom is -0.497 e. The van der Waals surface area contributed by atoms with Crippen LogP contribution in [-0.2, 0) is 0 Å². The summed E-state index contributed by atoms with van der Waals surface area (Å²) in [5.74, 6) is 1.70. The van der Waals surface area contributed by atoms with E-state index in [0.29, 0.717) is 0 Å². The number of nitrogens with zero attached hydrogens (tertiary/aromatic N) is 1. The molecule has 0 aliphatic heterocycles.